The van der Waals surface area contributed by atoms with Crippen molar-refractivity contribution in [2.45, 2.75) is 6.04 Å². The lowest BCUT2D eigenvalue weighted by Crippen LogP contribution is -2.29. The Morgan fingerprint density at radius 2 is 2.19 bits per heavy atom. The van der Waals surface area contributed by atoms with E-state index >= 15 is 0 Å². The molecule has 0 bridgehead atoms. The number of rotatable bonds is 3. The first-order chi connectivity index (χ1) is 7.72. The monoisotopic (exact) mass is 284 g/mol. The highest BCUT2D eigenvalue weighted by Crippen LogP contribution is 2.26. The summed E-state index contributed by atoms with van der Waals surface area (Å²) >= 11 is 3.21. The Hall–Kier alpha value is -1.17. The van der Waals surface area contributed by atoms with Crippen molar-refractivity contribution in [1.82, 2.24) is 5.43 Å². The van der Waals surface area contributed by atoms with Gasteiger partial charge in [-0.1, -0.05) is 22.0 Å². The maximum Gasteiger partial charge on any atom is 0.129 e. The molecule has 1 aromatic carbocycles. The SMILES string of the molecule is NNC(c1ccoc1)c1ccc(Br)cc1F. The molecular formula is C11H10BrFN2O. The zero-order valence-electron chi connectivity index (χ0n) is 8.28. The predicted molar refractivity (Wildman–Crippen MR) is 62.0 cm³/mol. The molecule has 0 saturated carbocycles. The van der Waals surface area contributed by atoms with Crippen molar-refractivity contribution in [3.8, 4) is 0 Å². The van der Waals surface area contributed by atoms with E-state index in [-0.39, 0.29) is 5.82 Å². The maximum atomic E-state index is 13.7. The normalized spacial score (nSPS) is 12.7. The summed E-state index contributed by atoms with van der Waals surface area (Å²) in [5, 5.41) is 0. The zero-order valence-corrected chi connectivity index (χ0v) is 9.87. The number of benzene rings is 1. The van der Waals surface area contributed by atoms with Gasteiger partial charge < -0.3 is 4.42 Å². The van der Waals surface area contributed by atoms with Crippen LogP contribution in [0.4, 0.5) is 4.39 Å². The molecule has 2 rings (SSSR count). The molecule has 0 aliphatic carbocycles. The Bertz CT molecular complexity index is 473. The molecule has 0 spiro atoms. The van der Waals surface area contributed by atoms with E-state index in [2.05, 4.69) is 21.4 Å². The molecule has 0 aliphatic rings. The molecule has 3 N–H and O–H groups in total. The molecule has 1 aromatic heterocycles. The van der Waals surface area contributed by atoms with Gasteiger partial charge in [0, 0.05) is 15.6 Å². The second-order valence-electron chi connectivity index (χ2n) is 3.32. The van der Waals surface area contributed by atoms with E-state index in [0.29, 0.717) is 10.0 Å². The Balaban J connectivity index is 2.41. The number of furan rings is 1. The number of hydrogen-bond donors (Lipinski definition) is 2. The van der Waals surface area contributed by atoms with Crippen LogP contribution in [-0.4, -0.2) is 0 Å². The standard InChI is InChI=1S/C11H10BrFN2O/c12-8-1-2-9(10(13)5-8)11(15-14)7-3-4-16-6-7/h1-6,11,15H,14H2. The number of nitrogens with two attached hydrogens (primary N) is 1. The third kappa shape index (κ3) is 2.16. The van der Waals surface area contributed by atoms with Gasteiger partial charge in [0.1, 0.15) is 5.82 Å². The van der Waals surface area contributed by atoms with Crippen LogP contribution in [0.5, 0.6) is 0 Å². The molecule has 84 valence electrons. The van der Waals surface area contributed by atoms with Gasteiger partial charge >= 0.3 is 0 Å². The van der Waals surface area contributed by atoms with Crippen molar-refractivity contribution >= 4 is 15.9 Å². The van der Waals surface area contributed by atoms with Crippen molar-refractivity contribution in [3.63, 3.8) is 0 Å². The molecule has 0 saturated heterocycles. The van der Waals surface area contributed by atoms with Crippen LogP contribution in [0.3, 0.4) is 0 Å². The fourth-order valence-electron chi connectivity index (χ4n) is 1.54. The number of hydrogen-bond acceptors (Lipinski definition) is 3. The van der Waals surface area contributed by atoms with E-state index < -0.39 is 6.04 Å². The van der Waals surface area contributed by atoms with E-state index in [4.69, 9.17) is 10.3 Å². The fraction of sp³-hybridized carbons (Fsp3) is 0.0909. The third-order valence-corrected chi connectivity index (χ3v) is 2.81. The topological polar surface area (TPSA) is 51.2 Å². The Kier molecular flexibility index (Phi) is 3.38. The number of nitrogens with one attached hydrogen (secondary N) is 1. The van der Waals surface area contributed by atoms with Gasteiger partial charge in [-0.3, -0.25) is 5.84 Å². The van der Waals surface area contributed by atoms with Crippen LogP contribution >= 0.6 is 15.9 Å². The minimum absolute atomic E-state index is 0.321. The van der Waals surface area contributed by atoms with Gasteiger partial charge in [-0.05, 0) is 18.2 Å². The number of halogens is 2. The second-order valence-corrected chi connectivity index (χ2v) is 4.24. The lowest BCUT2D eigenvalue weighted by Gasteiger charge is -2.15. The van der Waals surface area contributed by atoms with Gasteiger partial charge in [0.2, 0.25) is 0 Å². The highest BCUT2D eigenvalue weighted by atomic mass is 79.9. The Morgan fingerprint density at radius 3 is 2.75 bits per heavy atom. The van der Waals surface area contributed by atoms with Gasteiger partial charge in [0.25, 0.3) is 0 Å². The Morgan fingerprint density at radius 1 is 1.38 bits per heavy atom. The minimum Gasteiger partial charge on any atom is -0.472 e. The van der Waals surface area contributed by atoms with Gasteiger partial charge in [0.15, 0.2) is 0 Å². The van der Waals surface area contributed by atoms with E-state index in [1.165, 1.54) is 18.6 Å². The smallest absolute Gasteiger partial charge is 0.129 e. The minimum atomic E-state index is -0.410. The summed E-state index contributed by atoms with van der Waals surface area (Å²) in [6.45, 7) is 0. The molecule has 3 nitrogen and oxygen atoms in total. The highest BCUT2D eigenvalue weighted by molar-refractivity contribution is 9.10. The molecule has 0 amide bonds. The highest BCUT2D eigenvalue weighted by Gasteiger charge is 2.17. The van der Waals surface area contributed by atoms with Crippen molar-refractivity contribution in [2.24, 2.45) is 5.84 Å². The van der Waals surface area contributed by atoms with Crippen molar-refractivity contribution in [3.05, 3.63) is 58.2 Å². The van der Waals surface area contributed by atoms with Gasteiger partial charge in [-0.25, -0.2) is 9.82 Å². The molecule has 2 aromatic rings. The molecule has 0 radical (unpaired) electrons. The van der Waals surface area contributed by atoms with E-state index in [1.54, 1.807) is 18.2 Å². The first-order valence-electron chi connectivity index (χ1n) is 4.65. The van der Waals surface area contributed by atoms with Crippen molar-refractivity contribution in [2.75, 3.05) is 0 Å². The first-order valence-corrected chi connectivity index (χ1v) is 5.45. The summed E-state index contributed by atoms with van der Waals surface area (Å²) in [6.07, 6.45) is 3.06. The van der Waals surface area contributed by atoms with Crippen LogP contribution < -0.4 is 11.3 Å². The second kappa shape index (κ2) is 4.78. The van der Waals surface area contributed by atoms with Crippen molar-refractivity contribution < 1.29 is 8.81 Å². The first kappa shape index (κ1) is 11.3. The molecule has 1 atom stereocenters. The molecule has 16 heavy (non-hydrogen) atoms. The lowest BCUT2D eigenvalue weighted by atomic mass is 10.0. The summed E-state index contributed by atoms with van der Waals surface area (Å²) in [6, 6.07) is 6.18. The molecular weight excluding hydrogens is 275 g/mol. The van der Waals surface area contributed by atoms with E-state index in [0.717, 1.165) is 5.56 Å². The molecule has 1 heterocycles. The molecule has 1 unspecified atom stereocenters. The Labute approximate surface area is 101 Å². The predicted octanol–water partition coefficient (Wildman–Crippen LogP) is 2.73. The number of hydrazine groups is 1. The van der Waals surface area contributed by atoms with Gasteiger partial charge in [-0.2, -0.15) is 0 Å². The summed E-state index contributed by atoms with van der Waals surface area (Å²) in [5.41, 5.74) is 3.83. The average Bonchev–Trinajstić information content (AvgIpc) is 2.75. The van der Waals surface area contributed by atoms with Crippen LogP contribution in [0.2, 0.25) is 0 Å². The summed E-state index contributed by atoms with van der Waals surface area (Å²) in [5.74, 6) is 5.11. The third-order valence-electron chi connectivity index (χ3n) is 2.32. The maximum absolute atomic E-state index is 13.7. The molecule has 5 heteroatoms. The fourth-order valence-corrected chi connectivity index (χ4v) is 1.87. The summed E-state index contributed by atoms with van der Waals surface area (Å²) in [7, 11) is 0. The van der Waals surface area contributed by atoms with Crippen LogP contribution in [0, 0.1) is 5.82 Å². The average molecular weight is 285 g/mol. The van der Waals surface area contributed by atoms with Gasteiger partial charge in [-0.15, -0.1) is 0 Å². The van der Waals surface area contributed by atoms with E-state index in [9.17, 15) is 4.39 Å². The molecule has 0 fully saturated rings. The van der Waals surface area contributed by atoms with E-state index in [1.807, 2.05) is 0 Å². The zero-order chi connectivity index (χ0) is 11.5. The lowest BCUT2D eigenvalue weighted by molar-refractivity contribution is 0.538. The van der Waals surface area contributed by atoms with Gasteiger partial charge in [0.05, 0.1) is 18.6 Å². The van der Waals surface area contributed by atoms with Crippen LogP contribution in [0.15, 0.2) is 45.7 Å². The van der Waals surface area contributed by atoms with Crippen LogP contribution in [0.25, 0.3) is 0 Å². The summed E-state index contributed by atoms with van der Waals surface area (Å²) in [4.78, 5) is 0. The largest absolute Gasteiger partial charge is 0.472 e. The quantitative estimate of drug-likeness (QED) is 0.673. The summed E-state index contributed by atoms with van der Waals surface area (Å²) < 4.78 is 19.4. The van der Waals surface area contributed by atoms with Crippen LogP contribution in [0.1, 0.15) is 17.2 Å². The molecule has 0 aliphatic heterocycles. The van der Waals surface area contributed by atoms with Crippen LogP contribution in [-0.2, 0) is 0 Å². The van der Waals surface area contributed by atoms with Crippen molar-refractivity contribution in [1.29, 1.82) is 0 Å².